The molecule has 0 spiro atoms. The molecule has 4 heteroatoms. The number of hydrogen-bond acceptors (Lipinski definition) is 2. The maximum Gasteiger partial charge on any atom is 0.254 e. The summed E-state index contributed by atoms with van der Waals surface area (Å²) in [7, 11) is 0. The molecule has 4 rings (SSSR count). The number of benzene rings is 3. The van der Waals surface area contributed by atoms with Gasteiger partial charge in [0.25, 0.3) is 5.91 Å². The lowest BCUT2D eigenvalue weighted by molar-refractivity contribution is -0.122. The van der Waals surface area contributed by atoms with E-state index in [-0.39, 0.29) is 24.4 Å². The van der Waals surface area contributed by atoms with Crippen molar-refractivity contribution in [2.24, 2.45) is 0 Å². The Morgan fingerprint density at radius 3 is 2.15 bits per heavy atom. The van der Waals surface area contributed by atoms with Crippen LogP contribution in [0.3, 0.4) is 0 Å². The smallest absolute Gasteiger partial charge is 0.254 e. The van der Waals surface area contributed by atoms with Gasteiger partial charge in [0.1, 0.15) is 0 Å². The molecule has 33 heavy (non-hydrogen) atoms. The van der Waals surface area contributed by atoms with E-state index in [1.165, 1.54) is 6.42 Å². The van der Waals surface area contributed by atoms with Gasteiger partial charge in [-0.25, -0.2) is 0 Å². The van der Waals surface area contributed by atoms with Gasteiger partial charge in [-0.2, -0.15) is 0 Å². The third-order valence-electron chi connectivity index (χ3n) is 6.35. The van der Waals surface area contributed by atoms with Crippen molar-refractivity contribution in [2.45, 2.75) is 44.6 Å². The van der Waals surface area contributed by atoms with E-state index in [0.29, 0.717) is 18.5 Å². The number of nitrogens with one attached hydrogen (secondary N) is 1. The van der Waals surface area contributed by atoms with Crippen molar-refractivity contribution in [1.29, 1.82) is 0 Å². The molecule has 0 atom stereocenters. The minimum absolute atomic E-state index is 0.0690. The summed E-state index contributed by atoms with van der Waals surface area (Å²) in [6.07, 6.45) is 6.32. The number of rotatable bonds is 8. The number of amides is 2. The van der Waals surface area contributed by atoms with Gasteiger partial charge in [-0.1, -0.05) is 98.1 Å². The van der Waals surface area contributed by atoms with Crippen LogP contribution in [0.15, 0.2) is 84.9 Å². The fourth-order valence-corrected chi connectivity index (χ4v) is 4.56. The van der Waals surface area contributed by atoms with Crippen molar-refractivity contribution in [3.63, 3.8) is 0 Å². The minimum Gasteiger partial charge on any atom is -0.352 e. The summed E-state index contributed by atoms with van der Waals surface area (Å²) in [5.41, 5.74) is 3.66. The molecule has 0 heterocycles. The summed E-state index contributed by atoms with van der Waals surface area (Å²) >= 11 is 0. The number of carbonyl (C=O) groups is 2. The molecule has 3 aromatic rings. The van der Waals surface area contributed by atoms with Crippen molar-refractivity contribution in [3.8, 4) is 11.1 Å². The van der Waals surface area contributed by atoms with Gasteiger partial charge < -0.3 is 10.2 Å². The Hall–Kier alpha value is -3.40. The molecule has 4 nitrogen and oxygen atoms in total. The molecule has 0 saturated heterocycles. The number of nitrogens with zero attached hydrogens (tertiary/aromatic N) is 1. The van der Waals surface area contributed by atoms with Crippen molar-refractivity contribution >= 4 is 11.8 Å². The van der Waals surface area contributed by atoms with Gasteiger partial charge >= 0.3 is 0 Å². The highest BCUT2D eigenvalue weighted by atomic mass is 16.2. The highest BCUT2D eigenvalue weighted by Gasteiger charge is 2.23. The monoisotopic (exact) mass is 440 g/mol. The van der Waals surface area contributed by atoms with Crippen LogP contribution in [0.4, 0.5) is 0 Å². The lowest BCUT2D eigenvalue weighted by Gasteiger charge is -2.27. The van der Waals surface area contributed by atoms with Crippen LogP contribution in [-0.4, -0.2) is 35.8 Å². The SMILES string of the molecule is O=C(CN(CCc1ccccc1)C(=O)c1ccccc1-c1ccccc1)NC1CCCCC1. The first-order chi connectivity index (χ1) is 16.2. The van der Waals surface area contributed by atoms with Gasteiger partial charge in [0.05, 0.1) is 6.54 Å². The molecule has 1 N–H and O–H groups in total. The second-order valence-electron chi connectivity index (χ2n) is 8.78. The minimum atomic E-state index is -0.107. The van der Waals surface area contributed by atoms with Gasteiger partial charge in [-0.15, -0.1) is 0 Å². The summed E-state index contributed by atoms with van der Waals surface area (Å²) in [6, 6.07) is 27.9. The molecule has 1 saturated carbocycles. The highest BCUT2D eigenvalue weighted by molar-refractivity contribution is 6.02. The first-order valence-corrected chi connectivity index (χ1v) is 12.0. The summed E-state index contributed by atoms with van der Waals surface area (Å²) in [6.45, 7) is 0.565. The Bertz CT molecular complexity index is 1040. The summed E-state index contributed by atoms with van der Waals surface area (Å²) in [4.78, 5) is 28.4. The van der Waals surface area contributed by atoms with Gasteiger partial charge in [-0.3, -0.25) is 9.59 Å². The molecule has 3 aromatic carbocycles. The van der Waals surface area contributed by atoms with Crippen LogP contribution < -0.4 is 5.32 Å². The lowest BCUT2D eigenvalue weighted by atomic mass is 9.95. The molecule has 0 aromatic heterocycles. The molecule has 0 radical (unpaired) electrons. The predicted octanol–water partition coefficient (Wildman–Crippen LogP) is 5.49. The van der Waals surface area contributed by atoms with E-state index in [4.69, 9.17) is 0 Å². The van der Waals surface area contributed by atoms with Crippen molar-refractivity contribution in [2.75, 3.05) is 13.1 Å². The summed E-state index contributed by atoms with van der Waals surface area (Å²) in [5.74, 6) is -0.176. The van der Waals surface area contributed by atoms with E-state index in [9.17, 15) is 9.59 Å². The number of hydrogen-bond donors (Lipinski definition) is 1. The van der Waals surface area contributed by atoms with Crippen LogP contribution in [0.1, 0.15) is 48.0 Å². The Morgan fingerprint density at radius 1 is 0.788 bits per heavy atom. The second-order valence-corrected chi connectivity index (χ2v) is 8.78. The van der Waals surface area contributed by atoms with E-state index in [1.807, 2.05) is 72.8 Å². The van der Waals surface area contributed by atoms with E-state index in [1.54, 1.807) is 4.90 Å². The van der Waals surface area contributed by atoms with Gasteiger partial charge in [0, 0.05) is 18.2 Å². The van der Waals surface area contributed by atoms with E-state index in [0.717, 1.165) is 42.4 Å². The van der Waals surface area contributed by atoms with Crippen LogP contribution in [0.25, 0.3) is 11.1 Å². The molecule has 1 aliphatic rings. The van der Waals surface area contributed by atoms with Crippen molar-refractivity contribution < 1.29 is 9.59 Å². The zero-order chi connectivity index (χ0) is 22.9. The zero-order valence-electron chi connectivity index (χ0n) is 19.1. The van der Waals surface area contributed by atoms with E-state index >= 15 is 0 Å². The average molecular weight is 441 g/mol. The normalized spacial score (nSPS) is 13.9. The Balaban J connectivity index is 1.54. The van der Waals surface area contributed by atoms with E-state index < -0.39 is 0 Å². The quantitative estimate of drug-likeness (QED) is 0.504. The van der Waals surface area contributed by atoms with Crippen molar-refractivity contribution in [3.05, 3.63) is 96.1 Å². The van der Waals surface area contributed by atoms with Crippen LogP contribution in [0.2, 0.25) is 0 Å². The average Bonchev–Trinajstić information content (AvgIpc) is 2.88. The zero-order valence-corrected chi connectivity index (χ0v) is 19.1. The molecular formula is C29H32N2O2. The molecule has 0 unspecified atom stereocenters. The predicted molar refractivity (Wildman–Crippen MR) is 133 cm³/mol. The molecule has 170 valence electrons. The Kier molecular flexibility index (Phi) is 7.91. The third-order valence-corrected chi connectivity index (χ3v) is 6.35. The molecule has 2 amide bonds. The number of carbonyl (C=O) groups excluding carboxylic acids is 2. The molecule has 1 fully saturated rings. The van der Waals surface area contributed by atoms with Gasteiger partial charge in [0.15, 0.2) is 0 Å². The molecule has 1 aliphatic carbocycles. The molecular weight excluding hydrogens is 408 g/mol. The van der Waals surface area contributed by atoms with Crippen molar-refractivity contribution in [1.82, 2.24) is 10.2 Å². The first kappa shape index (κ1) is 22.8. The van der Waals surface area contributed by atoms with Gasteiger partial charge in [-0.05, 0) is 42.0 Å². The third kappa shape index (κ3) is 6.32. The largest absolute Gasteiger partial charge is 0.352 e. The standard InChI is InChI=1S/C29H32N2O2/c32-28(30-25-16-8-3-9-17-25)22-31(21-20-23-12-4-1-5-13-23)29(33)27-19-11-10-18-26(27)24-14-6-2-7-15-24/h1-2,4-7,10-15,18-19,25H,3,8-9,16-17,20-22H2,(H,30,32). The van der Waals surface area contributed by atoms with Crippen LogP contribution >= 0.6 is 0 Å². The summed E-state index contributed by atoms with van der Waals surface area (Å²) < 4.78 is 0. The first-order valence-electron chi connectivity index (χ1n) is 12.0. The Morgan fingerprint density at radius 2 is 1.42 bits per heavy atom. The summed E-state index contributed by atoms with van der Waals surface area (Å²) in [5, 5.41) is 3.17. The maximum absolute atomic E-state index is 13.7. The van der Waals surface area contributed by atoms with Crippen LogP contribution in [-0.2, 0) is 11.2 Å². The van der Waals surface area contributed by atoms with Crippen LogP contribution in [0.5, 0.6) is 0 Å². The molecule has 0 bridgehead atoms. The Labute approximate surface area is 196 Å². The molecule has 0 aliphatic heterocycles. The second kappa shape index (κ2) is 11.5. The lowest BCUT2D eigenvalue weighted by Crippen LogP contribution is -2.45. The fourth-order valence-electron chi connectivity index (χ4n) is 4.56. The fraction of sp³-hybridized carbons (Fsp3) is 0.310. The topological polar surface area (TPSA) is 49.4 Å². The van der Waals surface area contributed by atoms with E-state index in [2.05, 4.69) is 17.4 Å². The van der Waals surface area contributed by atoms with Gasteiger partial charge in [0.2, 0.25) is 5.91 Å². The highest BCUT2D eigenvalue weighted by Crippen LogP contribution is 2.25. The van der Waals surface area contributed by atoms with Crippen LogP contribution in [0, 0.1) is 0 Å². The maximum atomic E-state index is 13.7.